The highest BCUT2D eigenvalue weighted by Gasteiger charge is 2.26. The number of hydrogen-bond donors (Lipinski definition) is 2. The summed E-state index contributed by atoms with van der Waals surface area (Å²) in [5, 5.41) is 7.33. The summed E-state index contributed by atoms with van der Waals surface area (Å²) in [6, 6.07) is 1.86. The van der Waals surface area contributed by atoms with Gasteiger partial charge in [-0.15, -0.1) is 0 Å². The molecule has 0 aromatic carbocycles. The second-order valence-electron chi connectivity index (χ2n) is 4.61. The van der Waals surface area contributed by atoms with Gasteiger partial charge in [-0.3, -0.25) is 5.41 Å². The molecule has 0 radical (unpaired) electrons. The highest BCUT2D eigenvalue weighted by molar-refractivity contribution is 5.92. The molecule has 1 saturated heterocycles. The van der Waals surface area contributed by atoms with E-state index in [1.165, 1.54) is 0 Å². The Balaban J connectivity index is 2.04. The van der Waals surface area contributed by atoms with E-state index in [1.807, 2.05) is 13.8 Å². The third kappa shape index (κ3) is 3.16. The molecule has 0 saturated carbocycles. The molecule has 1 fully saturated rings. The normalized spacial score (nSPS) is 27.8. The van der Waals surface area contributed by atoms with E-state index in [1.54, 1.807) is 12.3 Å². The molecule has 0 spiro atoms. The standard InChI is InChI=1S/C12H18N4O2/c1-7-5-9(6-8(2)17-7)18-12-15-4-3-10(16-12)11(13)14/h3-4,7-9H,5-6H2,1-2H3,(H3,13,14). The molecule has 6 heteroatoms. The van der Waals surface area contributed by atoms with Gasteiger partial charge in [-0.25, -0.2) is 4.98 Å². The highest BCUT2D eigenvalue weighted by atomic mass is 16.5. The second-order valence-corrected chi connectivity index (χ2v) is 4.61. The third-order valence-corrected chi connectivity index (χ3v) is 2.84. The molecule has 2 unspecified atom stereocenters. The molecule has 1 aromatic rings. The van der Waals surface area contributed by atoms with Gasteiger partial charge in [0.05, 0.1) is 12.2 Å². The molecule has 0 amide bonds. The van der Waals surface area contributed by atoms with Crippen LogP contribution in [0.3, 0.4) is 0 Å². The molecule has 1 aliphatic heterocycles. The summed E-state index contributed by atoms with van der Waals surface area (Å²) in [4.78, 5) is 8.13. The SMILES string of the molecule is CC1CC(Oc2nccc(C(=N)N)n2)CC(C)O1. The minimum Gasteiger partial charge on any atom is -0.460 e. The summed E-state index contributed by atoms with van der Waals surface area (Å²) in [5.41, 5.74) is 5.76. The lowest BCUT2D eigenvalue weighted by Crippen LogP contribution is -2.36. The number of aromatic nitrogens is 2. The lowest BCUT2D eigenvalue weighted by molar-refractivity contribution is -0.0738. The van der Waals surface area contributed by atoms with Crippen molar-refractivity contribution in [1.82, 2.24) is 9.97 Å². The Morgan fingerprint density at radius 2 is 2.11 bits per heavy atom. The molecule has 3 N–H and O–H groups in total. The van der Waals surface area contributed by atoms with Gasteiger partial charge in [-0.2, -0.15) is 4.98 Å². The summed E-state index contributed by atoms with van der Waals surface area (Å²) >= 11 is 0. The summed E-state index contributed by atoms with van der Waals surface area (Å²) in [7, 11) is 0. The van der Waals surface area contributed by atoms with Gasteiger partial charge in [0.1, 0.15) is 17.6 Å². The average Bonchev–Trinajstić information content (AvgIpc) is 2.27. The van der Waals surface area contributed by atoms with E-state index in [0.717, 1.165) is 12.8 Å². The van der Waals surface area contributed by atoms with Crippen LogP contribution in [0.4, 0.5) is 0 Å². The van der Waals surface area contributed by atoms with E-state index < -0.39 is 0 Å². The van der Waals surface area contributed by atoms with Crippen LogP contribution < -0.4 is 10.5 Å². The predicted molar refractivity (Wildman–Crippen MR) is 66.7 cm³/mol. The molecule has 18 heavy (non-hydrogen) atoms. The minimum atomic E-state index is -0.0871. The number of nitrogen functional groups attached to an aromatic ring is 1. The van der Waals surface area contributed by atoms with Gasteiger partial charge in [-0.05, 0) is 19.9 Å². The fourth-order valence-electron chi connectivity index (χ4n) is 2.14. The molecule has 1 aromatic heterocycles. The number of nitrogens with two attached hydrogens (primary N) is 1. The molecule has 2 rings (SSSR count). The van der Waals surface area contributed by atoms with Crippen molar-refractivity contribution >= 4 is 5.84 Å². The Kier molecular flexibility index (Phi) is 3.76. The van der Waals surface area contributed by atoms with Crippen molar-refractivity contribution in [2.75, 3.05) is 0 Å². The predicted octanol–water partition coefficient (Wildman–Crippen LogP) is 1.10. The maximum Gasteiger partial charge on any atom is 0.317 e. The Bertz CT molecular complexity index is 428. The molecule has 1 aliphatic rings. The third-order valence-electron chi connectivity index (χ3n) is 2.84. The van der Waals surface area contributed by atoms with E-state index in [0.29, 0.717) is 5.69 Å². The van der Waals surface area contributed by atoms with Gasteiger partial charge in [0.25, 0.3) is 0 Å². The van der Waals surface area contributed by atoms with E-state index in [4.69, 9.17) is 20.6 Å². The van der Waals surface area contributed by atoms with Crippen LogP contribution >= 0.6 is 0 Å². The first kappa shape index (κ1) is 12.8. The number of amidine groups is 1. The minimum absolute atomic E-state index is 0.0472. The first-order valence-corrected chi connectivity index (χ1v) is 6.04. The molecule has 0 aliphatic carbocycles. The average molecular weight is 250 g/mol. The van der Waals surface area contributed by atoms with Crippen molar-refractivity contribution in [2.24, 2.45) is 5.73 Å². The zero-order valence-electron chi connectivity index (χ0n) is 10.6. The van der Waals surface area contributed by atoms with Gasteiger partial charge in [0, 0.05) is 19.0 Å². The Hall–Kier alpha value is -1.69. The van der Waals surface area contributed by atoms with E-state index in [-0.39, 0.29) is 30.2 Å². The van der Waals surface area contributed by atoms with Crippen LogP contribution in [0.15, 0.2) is 12.3 Å². The van der Waals surface area contributed by atoms with Crippen molar-refractivity contribution in [3.05, 3.63) is 18.0 Å². The van der Waals surface area contributed by atoms with Crippen LogP contribution in [0.1, 0.15) is 32.4 Å². The Labute approximate surface area is 106 Å². The first-order chi connectivity index (χ1) is 8.54. The second kappa shape index (κ2) is 5.30. The van der Waals surface area contributed by atoms with Crippen LogP contribution in [0.25, 0.3) is 0 Å². The van der Waals surface area contributed by atoms with Crippen LogP contribution in [0.2, 0.25) is 0 Å². The highest BCUT2D eigenvalue weighted by Crippen LogP contribution is 2.22. The van der Waals surface area contributed by atoms with Gasteiger partial charge in [-0.1, -0.05) is 0 Å². The molecule has 0 bridgehead atoms. The summed E-state index contributed by atoms with van der Waals surface area (Å²) < 4.78 is 11.4. The number of hydrogen-bond acceptors (Lipinski definition) is 5. The van der Waals surface area contributed by atoms with Gasteiger partial charge >= 0.3 is 6.01 Å². The van der Waals surface area contributed by atoms with E-state index in [2.05, 4.69) is 9.97 Å². The molecule has 6 nitrogen and oxygen atoms in total. The van der Waals surface area contributed by atoms with Crippen LogP contribution in [-0.2, 0) is 4.74 Å². The first-order valence-electron chi connectivity index (χ1n) is 6.04. The van der Waals surface area contributed by atoms with Crippen molar-refractivity contribution in [1.29, 1.82) is 5.41 Å². The van der Waals surface area contributed by atoms with E-state index >= 15 is 0 Å². The van der Waals surface area contributed by atoms with Crippen LogP contribution in [0.5, 0.6) is 6.01 Å². The van der Waals surface area contributed by atoms with Crippen LogP contribution in [0, 0.1) is 5.41 Å². The van der Waals surface area contributed by atoms with Crippen LogP contribution in [-0.4, -0.2) is 34.1 Å². The summed E-state index contributed by atoms with van der Waals surface area (Å²) in [5.74, 6) is -0.0871. The van der Waals surface area contributed by atoms with Gasteiger partial charge < -0.3 is 15.2 Å². The maximum atomic E-state index is 7.33. The number of ether oxygens (including phenoxy) is 2. The van der Waals surface area contributed by atoms with E-state index in [9.17, 15) is 0 Å². The summed E-state index contributed by atoms with van der Waals surface area (Å²) in [6.45, 7) is 4.05. The summed E-state index contributed by atoms with van der Waals surface area (Å²) in [6.07, 6.45) is 3.58. The van der Waals surface area contributed by atoms with Crippen molar-refractivity contribution in [3.63, 3.8) is 0 Å². The topological polar surface area (TPSA) is 94.1 Å². The van der Waals surface area contributed by atoms with Crippen molar-refractivity contribution in [2.45, 2.75) is 45.0 Å². The Morgan fingerprint density at radius 3 is 2.72 bits per heavy atom. The lowest BCUT2D eigenvalue weighted by atomic mass is 10.0. The lowest BCUT2D eigenvalue weighted by Gasteiger charge is -2.31. The smallest absolute Gasteiger partial charge is 0.317 e. The molecule has 2 atom stereocenters. The molecule has 98 valence electrons. The van der Waals surface area contributed by atoms with Gasteiger partial charge in [0.15, 0.2) is 0 Å². The monoisotopic (exact) mass is 250 g/mol. The molecular formula is C12H18N4O2. The maximum absolute atomic E-state index is 7.33. The number of nitrogens with one attached hydrogen (secondary N) is 1. The zero-order chi connectivity index (χ0) is 13.1. The molecular weight excluding hydrogens is 232 g/mol. The largest absolute Gasteiger partial charge is 0.460 e. The quantitative estimate of drug-likeness (QED) is 0.618. The van der Waals surface area contributed by atoms with Crippen molar-refractivity contribution < 1.29 is 9.47 Å². The zero-order valence-corrected chi connectivity index (χ0v) is 10.6. The fourth-order valence-corrected chi connectivity index (χ4v) is 2.14. The fraction of sp³-hybridized carbons (Fsp3) is 0.583. The number of rotatable bonds is 3. The van der Waals surface area contributed by atoms with Crippen molar-refractivity contribution in [3.8, 4) is 6.01 Å². The number of nitrogens with zero attached hydrogens (tertiary/aromatic N) is 2. The Morgan fingerprint density at radius 1 is 1.44 bits per heavy atom. The molecule has 2 heterocycles. The van der Waals surface area contributed by atoms with Gasteiger partial charge in [0.2, 0.25) is 0 Å².